The number of nitrogens with one attached hydrogen (secondary N) is 2. The van der Waals surface area contributed by atoms with Gasteiger partial charge in [0.05, 0.1) is 4.90 Å². The van der Waals surface area contributed by atoms with Crippen molar-refractivity contribution in [2.45, 2.75) is 56.9 Å². The number of benzene rings is 2. The summed E-state index contributed by atoms with van der Waals surface area (Å²) in [7, 11) is -3.65. The van der Waals surface area contributed by atoms with Gasteiger partial charge >= 0.3 is 0 Å². The zero-order chi connectivity index (χ0) is 22.3. The summed E-state index contributed by atoms with van der Waals surface area (Å²) in [6, 6.07) is 13.9. The summed E-state index contributed by atoms with van der Waals surface area (Å²) in [5.74, 6) is -0.140. The van der Waals surface area contributed by atoms with E-state index in [-0.39, 0.29) is 10.8 Å². The number of sulfonamides is 1. The lowest BCUT2D eigenvalue weighted by Gasteiger charge is -2.35. The fourth-order valence-corrected chi connectivity index (χ4v) is 5.08. The molecular formula is C24H33N3O3S. The van der Waals surface area contributed by atoms with E-state index in [1.165, 1.54) is 25.7 Å². The number of likely N-dealkylation sites (tertiary alicyclic amines) is 1. The van der Waals surface area contributed by atoms with Gasteiger partial charge in [0.2, 0.25) is 0 Å². The summed E-state index contributed by atoms with van der Waals surface area (Å²) in [4.78, 5) is 15.2. The molecule has 1 unspecified atom stereocenters. The molecule has 1 aliphatic heterocycles. The Labute approximate surface area is 186 Å². The molecule has 2 aromatic rings. The second-order valence-electron chi connectivity index (χ2n) is 8.20. The first kappa shape index (κ1) is 23.3. The van der Waals surface area contributed by atoms with Gasteiger partial charge in [-0.05, 0) is 75.5 Å². The molecule has 2 N–H and O–H groups in total. The molecule has 0 aliphatic carbocycles. The highest BCUT2D eigenvalue weighted by atomic mass is 32.2. The van der Waals surface area contributed by atoms with Crippen LogP contribution in [-0.4, -0.2) is 44.9 Å². The van der Waals surface area contributed by atoms with Crippen LogP contribution in [0.3, 0.4) is 0 Å². The maximum Gasteiger partial charge on any atom is 0.261 e. The molecule has 1 fully saturated rings. The smallest absolute Gasteiger partial charge is 0.261 e. The third-order valence-electron chi connectivity index (χ3n) is 5.86. The molecule has 31 heavy (non-hydrogen) atoms. The van der Waals surface area contributed by atoms with Gasteiger partial charge in [-0.2, -0.15) is 0 Å². The standard InChI is InChI=1S/C24H33N3O3S/c1-3-22-7-4-5-17-27(22)18-6-16-25-24(28)20-10-12-21(13-11-20)26-31(29,30)23-14-8-19(2)9-15-23/h8-15,22,26H,3-7,16-18H2,1-2H3,(H,25,28). The van der Waals surface area contributed by atoms with Crippen LogP contribution in [0.25, 0.3) is 0 Å². The fourth-order valence-electron chi connectivity index (χ4n) is 4.02. The molecule has 0 radical (unpaired) electrons. The summed E-state index contributed by atoms with van der Waals surface area (Å²) >= 11 is 0. The minimum Gasteiger partial charge on any atom is -0.352 e. The lowest BCUT2D eigenvalue weighted by molar-refractivity contribution is 0.0947. The van der Waals surface area contributed by atoms with E-state index in [4.69, 9.17) is 0 Å². The Bertz CT molecular complexity index is 957. The minimum atomic E-state index is -3.65. The van der Waals surface area contributed by atoms with Crippen molar-refractivity contribution >= 4 is 21.6 Å². The van der Waals surface area contributed by atoms with Crippen molar-refractivity contribution in [3.8, 4) is 0 Å². The summed E-state index contributed by atoms with van der Waals surface area (Å²) in [6.07, 6.45) is 5.98. The Hall–Kier alpha value is -2.38. The van der Waals surface area contributed by atoms with Gasteiger partial charge in [0, 0.05) is 30.4 Å². The molecule has 1 amide bonds. The number of hydrogen-bond acceptors (Lipinski definition) is 4. The van der Waals surface area contributed by atoms with Crippen LogP contribution in [0.4, 0.5) is 5.69 Å². The Morgan fingerprint density at radius 2 is 1.77 bits per heavy atom. The van der Waals surface area contributed by atoms with E-state index in [0.717, 1.165) is 25.1 Å². The number of amides is 1. The van der Waals surface area contributed by atoms with Gasteiger partial charge in [-0.1, -0.05) is 31.0 Å². The lowest BCUT2D eigenvalue weighted by Crippen LogP contribution is -2.40. The number of rotatable bonds is 9. The number of piperidine rings is 1. The van der Waals surface area contributed by atoms with Gasteiger partial charge in [0.1, 0.15) is 0 Å². The zero-order valence-electron chi connectivity index (χ0n) is 18.4. The highest BCUT2D eigenvalue weighted by Gasteiger charge is 2.20. The topological polar surface area (TPSA) is 78.5 Å². The van der Waals surface area contributed by atoms with E-state index in [1.54, 1.807) is 48.5 Å². The molecule has 1 aliphatic rings. The zero-order valence-corrected chi connectivity index (χ0v) is 19.2. The van der Waals surface area contributed by atoms with E-state index in [2.05, 4.69) is 21.9 Å². The molecule has 7 heteroatoms. The van der Waals surface area contributed by atoms with Gasteiger partial charge in [0.25, 0.3) is 15.9 Å². The predicted octanol–water partition coefficient (Wildman–Crippen LogP) is 4.18. The summed E-state index contributed by atoms with van der Waals surface area (Å²) < 4.78 is 27.5. The van der Waals surface area contributed by atoms with Gasteiger partial charge in [0.15, 0.2) is 0 Å². The fraction of sp³-hybridized carbons (Fsp3) is 0.458. The number of carbonyl (C=O) groups excluding carboxylic acids is 1. The molecule has 3 rings (SSSR count). The molecule has 1 heterocycles. The predicted molar refractivity (Wildman–Crippen MR) is 125 cm³/mol. The maximum absolute atomic E-state index is 12.5. The molecule has 0 spiro atoms. The number of aryl methyl sites for hydroxylation is 1. The average Bonchev–Trinajstić information content (AvgIpc) is 2.77. The van der Waals surface area contributed by atoms with E-state index in [9.17, 15) is 13.2 Å². The Morgan fingerprint density at radius 3 is 2.45 bits per heavy atom. The van der Waals surface area contributed by atoms with Crippen molar-refractivity contribution in [3.05, 3.63) is 59.7 Å². The number of nitrogens with zero attached hydrogens (tertiary/aromatic N) is 1. The van der Waals surface area contributed by atoms with Crippen molar-refractivity contribution < 1.29 is 13.2 Å². The van der Waals surface area contributed by atoms with E-state index in [0.29, 0.717) is 23.8 Å². The molecule has 0 saturated carbocycles. The Balaban J connectivity index is 1.48. The van der Waals surface area contributed by atoms with Crippen LogP contribution >= 0.6 is 0 Å². The van der Waals surface area contributed by atoms with Gasteiger partial charge in [-0.15, -0.1) is 0 Å². The molecule has 6 nitrogen and oxygen atoms in total. The number of hydrogen-bond donors (Lipinski definition) is 2. The quantitative estimate of drug-likeness (QED) is 0.570. The first-order valence-corrected chi connectivity index (χ1v) is 12.6. The van der Waals surface area contributed by atoms with Crippen molar-refractivity contribution in [3.63, 3.8) is 0 Å². The van der Waals surface area contributed by atoms with Crippen molar-refractivity contribution in [2.24, 2.45) is 0 Å². The molecular weight excluding hydrogens is 410 g/mol. The molecule has 2 aromatic carbocycles. The van der Waals surface area contributed by atoms with Crippen molar-refractivity contribution in [1.82, 2.24) is 10.2 Å². The Kier molecular flexibility index (Phi) is 8.09. The normalized spacial score (nSPS) is 17.3. The van der Waals surface area contributed by atoms with Crippen LogP contribution in [-0.2, 0) is 10.0 Å². The van der Waals surface area contributed by atoms with E-state index < -0.39 is 10.0 Å². The molecule has 168 valence electrons. The summed E-state index contributed by atoms with van der Waals surface area (Å²) in [5.41, 5.74) is 1.94. The third-order valence-corrected chi connectivity index (χ3v) is 7.26. The van der Waals surface area contributed by atoms with Crippen LogP contribution in [0.2, 0.25) is 0 Å². The largest absolute Gasteiger partial charge is 0.352 e. The SMILES string of the molecule is CCC1CCCCN1CCCNC(=O)c1ccc(NS(=O)(=O)c2ccc(C)cc2)cc1. The van der Waals surface area contributed by atoms with E-state index in [1.807, 2.05) is 6.92 Å². The van der Waals surface area contributed by atoms with E-state index >= 15 is 0 Å². The first-order chi connectivity index (χ1) is 14.9. The van der Waals surface area contributed by atoms with Gasteiger partial charge in [-0.3, -0.25) is 9.52 Å². The van der Waals surface area contributed by atoms with Crippen LogP contribution in [0.5, 0.6) is 0 Å². The van der Waals surface area contributed by atoms with Crippen LogP contribution in [0.15, 0.2) is 53.4 Å². The number of carbonyl (C=O) groups is 1. The summed E-state index contributed by atoms with van der Waals surface area (Å²) in [6.45, 7) is 6.96. The third kappa shape index (κ3) is 6.55. The summed E-state index contributed by atoms with van der Waals surface area (Å²) in [5, 5.41) is 2.97. The van der Waals surface area contributed by atoms with Crippen LogP contribution in [0.1, 0.15) is 54.9 Å². The van der Waals surface area contributed by atoms with Gasteiger partial charge in [-0.25, -0.2) is 8.42 Å². The van der Waals surface area contributed by atoms with Crippen LogP contribution in [0, 0.1) is 6.92 Å². The van der Waals surface area contributed by atoms with Gasteiger partial charge < -0.3 is 10.2 Å². The maximum atomic E-state index is 12.5. The lowest BCUT2D eigenvalue weighted by atomic mass is 10.00. The Morgan fingerprint density at radius 1 is 1.06 bits per heavy atom. The van der Waals surface area contributed by atoms with Crippen molar-refractivity contribution in [1.29, 1.82) is 0 Å². The number of anilines is 1. The van der Waals surface area contributed by atoms with Crippen molar-refractivity contribution in [2.75, 3.05) is 24.4 Å². The second kappa shape index (κ2) is 10.8. The molecule has 0 aromatic heterocycles. The molecule has 1 saturated heterocycles. The average molecular weight is 444 g/mol. The second-order valence-corrected chi connectivity index (χ2v) is 9.88. The first-order valence-electron chi connectivity index (χ1n) is 11.1. The highest BCUT2D eigenvalue weighted by Crippen LogP contribution is 2.19. The highest BCUT2D eigenvalue weighted by molar-refractivity contribution is 7.92. The molecule has 1 atom stereocenters. The van der Waals surface area contributed by atoms with Crippen LogP contribution < -0.4 is 10.0 Å². The molecule has 0 bridgehead atoms. The monoisotopic (exact) mass is 443 g/mol. The minimum absolute atomic E-state index is 0.140.